The van der Waals surface area contributed by atoms with Gasteiger partial charge in [-0.25, -0.2) is 4.79 Å². The van der Waals surface area contributed by atoms with E-state index in [1.807, 2.05) is 5.32 Å². The summed E-state index contributed by atoms with van der Waals surface area (Å²) >= 11 is 0. The van der Waals surface area contributed by atoms with Gasteiger partial charge in [0.25, 0.3) is 0 Å². The number of rotatable bonds is 1. The summed E-state index contributed by atoms with van der Waals surface area (Å²) in [5.74, 6) is 0.483. The van der Waals surface area contributed by atoms with Crippen molar-refractivity contribution in [3.05, 3.63) is 0 Å². The van der Waals surface area contributed by atoms with Gasteiger partial charge in [0.1, 0.15) is 0 Å². The van der Waals surface area contributed by atoms with Crippen molar-refractivity contribution in [1.82, 2.24) is 10.2 Å². The molecule has 1 aliphatic rings. The van der Waals surface area contributed by atoms with Gasteiger partial charge in [0, 0.05) is 13.1 Å². The van der Waals surface area contributed by atoms with Crippen LogP contribution >= 0.6 is 0 Å². The number of nitrogens with zero attached hydrogens (tertiary/aromatic N) is 1. The van der Waals surface area contributed by atoms with Crippen LogP contribution in [0.15, 0.2) is 0 Å². The van der Waals surface area contributed by atoms with Crippen LogP contribution in [0.3, 0.4) is 0 Å². The topological polar surface area (TPSA) is 102 Å². The molecule has 0 aromatic rings. The van der Waals surface area contributed by atoms with Gasteiger partial charge < -0.3 is 15.7 Å². The molecule has 1 amide bonds. The van der Waals surface area contributed by atoms with Crippen molar-refractivity contribution in [1.29, 1.82) is 5.41 Å². The number of carboxylic acid groups (broad SMARTS) is 1. The van der Waals surface area contributed by atoms with Gasteiger partial charge in [0.2, 0.25) is 5.96 Å². The Morgan fingerprint density at radius 3 is 2.57 bits per heavy atom. The van der Waals surface area contributed by atoms with Crippen LogP contribution in [0.4, 0.5) is 4.79 Å². The lowest BCUT2D eigenvalue weighted by Gasteiger charge is -2.32. The second-order valence-electron chi connectivity index (χ2n) is 3.44. The molecule has 0 aromatic heterocycles. The Labute approximate surface area is 82.6 Å². The fourth-order valence-electron chi connectivity index (χ4n) is 1.57. The van der Waals surface area contributed by atoms with E-state index in [2.05, 4.69) is 0 Å². The molecule has 5 N–H and O–H groups in total. The number of nitrogens with two attached hydrogens (primary N) is 1. The lowest BCUT2D eigenvalue weighted by atomic mass is 9.97. The zero-order chi connectivity index (χ0) is 10.6. The van der Waals surface area contributed by atoms with Crippen molar-refractivity contribution in [3.63, 3.8) is 0 Å². The van der Waals surface area contributed by atoms with Gasteiger partial charge >= 0.3 is 6.09 Å². The van der Waals surface area contributed by atoms with Crippen LogP contribution in [0, 0.1) is 11.3 Å². The van der Waals surface area contributed by atoms with Crippen molar-refractivity contribution in [3.8, 4) is 0 Å². The van der Waals surface area contributed by atoms with Crippen LogP contribution in [0.5, 0.6) is 0 Å². The average Bonchev–Trinajstić information content (AvgIpc) is 2.17. The highest BCUT2D eigenvalue weighted by Crippen LogP contribution is 2.15. The van der Waals surface area contributed by atoms with Crippen molar-refractivity contribution in [2.75, 3.05) is 19.6 Å². The molecule has 6 nitrogen and oxygen atoms in total. The second kappa shape index (κ2) is 4.80. The minimum atomic E-state index is -1.18. The Kier molecular flexibility index (Phi) is 3.70. The normalized spacial score (nSPS) is 17.9. The second-order valence-corrected chi connectivity index (χ2v) is 3.44. The Morgan fingerprint density at radius 1 is 1.57 bits per heavy atom. The Balaban J connectivity index is 2.34. The van der Waals surface area contributed by atoms with E-state index in [4.69, 9.17) is 16.2 Å². The van der Waals surface area contributed by atoms with Crippen molar-refractivity contribution in [2.24, 2.45) is 11.7 Å². The third kappa shape index (κ3) is 2.88. The zero-order valence-corrected chi connectivity index (χ0v) is 7.99. The molecular weight excluding hydrogens is 184 g/mol. The van der Waals surface area contributed by atoms with E-state index in [1.165, 1.54) is 0 Å². The molecule has 1 aliphatic heterocycles. The third-order valence-electron chi connectivity index (χ3n) is 2.49. The van der Waals surface area contributed by atoms with E-state index in [1.54, 1.807) is 4.90 Å². The first-order valence-corrected chi connectivity index (χ1v) is 4.67. The van der Waals surface area contributed by atoms with Gasteiger partial charge in [-0.15, -0.1) is 0 Å². The molecule has 0 aliphatic carbocycles. The first kappa shape index (κ1) is 10.8. The number of likely N-dealkylation sites (tertiary alicyclic amines) is 1. The van der Waals surface area contributed by atoms with Crippen molar-refractivity contribution < 1.29 is 9.90 Å². The van der Waals surface area contributed by atoms with Crippen LogP contribution in [-0.2, 0) is 0 Å². The van der Waals surface area contributed by atoms with Crippen LogP contribution in [0.1, 0.15) is 12.8 Å². The van der Waals surface area contributed by atoms with E-state index in [-0.39, 0.29) is 5.96 Å². The monoisotopic (exact) mass is 200 g/mol. The molecule has 0 unspecified atom stereocenters. The highest BCUT2D eigenvalue weighted by molar-refractivity contribution is 5.91. The summed E-state index contributed by atoms with van der Waals surface area (Å²) in [6, 6.07) is 0. The van der Waals surface area contributed by atoms with Crippen LogP contribution in [-0.4, -0.2) is 41.7 Å². The number of amides is 1. The van der Waals surface area contributed by atoms with E-state index >= 15 is 0 Å². The predicted molar refractivity (Wildman–Crippen MR) is 52.2 cm³/mol. The smallest absolute Gasteiger partial charge is 0.411 e. The van der Waals surface area contributed by atoms with E-state index < -0.39 is 6.09 Å². The van der Waals surface area contributed by atoms with Crippen LogP contribution in [0.2, 0.25) is 0 Å². The van der Waals surface area contributed by atoms with Crippen molar-refractivity contribution >= 4 is 12.1 Å². The summed E-state index contributed by atoms with van der Waals surface area (Å²) in [5.41, 5.74) is 5.52. The minimum Gasteiger partial charge on any atom is -0.465 e. The minimum absolute atomic E-state index is 0.0343. The molecule has 0 bridgehead atoms. The highest BCUT2D eigenvalue weighted by Gasteiger charge is 2.20. The lowest BCUT2D eigenvalue weighted by molar-refractivity contribution is 0.196. The summed E-state index contributed by atoms with van der Waals surface area (Å²) in [6.45, 7) is 2.09. The Morgan fingerprint density at radius 2 is 2.14 bits per heavy atom. The summed E-state index contributed by atoms with van der Waals surface area (Å²) in [4.78, 5) is 12.0. The van der Waals surface area contributed by atoms with Crippen molar-refractivity contribution in [2.45, 2.75) is 12.8 Å². The number of nitrogens with one attached hydrogen (secondary N) is 2. The fraction of sp³-hybridized carbons (Fsp3) is 0.750. The quantitative estimate of drug-likeness (QED) is 0.349. The van der Waals surface area contributed by atoms with Gasteiger partial charge in [0.15, 0.2) is 0 Å². The number of hydrogen-bond acceptors (Lipinski definition) is 3. The van der Waals surface area contributed by atoms with E-state index in [9.17, 15) is 4.79 Å². The first-order valence-electron chi connectivity index (χ1n) is 4.67. The third-order valence-corrected chi connectivity index (χ3v) is 2.49. The maximum absolute atomic E-state index is 10.3. The lowest BCUT2D eigenvalue weighted by Crippen LogP contribution is -2.47. The molecule has 0 atom stereocenters. The maximum Gasteiger partial charge on any atom is 0.411 e. The van der Waals surface area contributed by atoms with E-state index in [0.717, 1.165) is 12.8 Å². The summed E-state index contributed by atoms with van der Waals surface area (Å²) in [5, 5.41) is 17.9. The molecule has 1 saturated heterocycles. The maximum atomic E-state index is 10.3. The molecule has 1 fully saturated rings. The Bertz CT molecular complexity index is 223. The Hall–Kier alpha value is -1.30. The van der Waals surface area contributed by atoms with Gasteiger partial charge in [-0.05, 0) is 25.3 Å². The highest BCUT2D eigenvalue weighted by atomic mass is 16.4. The molecule has 6 heteroatoms. The molecule has 14 heavy (non-hydrogen) atoms. The summed E-state index contributed by atoms with van der Waals surface area (Å²) in [6.07, 6.45) is 0.677. The van der Waals surface area contributed by atoms with Gasteiger partial charge in [-0.1, -0.05) is 0 Å². The average molecular weight is 200 g/mol. The molecule has 0 aromatic carbocycles. The number of carbonyl (C=O) groups is 1. The number of hydrogen-bond donors (Lipinski definition) is 4. The standard InChI is InChI=1S/C8H16N4O2/c9-5-6-1-3-12(4-2-6)7(10)11-8(13)14/h6H,1-5,9H2,(H2,10,11)(H,13,14). The largest absolute Gasteiger partial charge is 0.465 e. The fourth-order valence-corrected chi connectivity index (χ4v) is 1.57. The molecule has 0 spiro atoms. The molecule has 0 saturated carbocycles. The predicted octanol–water partition coefficient (Wildman–Crippen LogP) is -0.141. The number of piperidine rings is 1. The van der Waals surface area contributed by atoms with Gasteiger partial charge in [-0.3, -0.25) is 10.7 Å². The van der Waals surface area contributed by atoms with Crippen LogP contribution < -0.4 is 11.1 Å². The number of guanidine groups is 1. The molecule has 1 rings (SSSR count). The van der Waals surface area contributed by atoms with E-state index in [0.29, 0.717) is 25.6 Å². The molecule has 0 radical (unpaired) electrons. The summed E-state index contributed by atoms with van der Waals surface area (Å²) < 4.78 is 0. The SMILES string of the molecule is N=C(NC(=O)O)N1CCC(CN)CC1. The van der Waals surface area contributed by atoms with Gasteiger partial charge in [-0.2, -0.15) is 0 Å². The van der Waals surface area contributed by atoms with Crippen LogP contribution in [0.25, 0.3) is 0 Å². The molecule has 1 heterocycles. The molecule has 80 valence electrons. The molecular formula is C8H16N4O2. The van der Waals surface area contributed by atoms with Gasteiger partial charge in [0.05, 0.1) is 0 Å². The first-order chi connectivity index (χ1) is 6.63. The zero-order valence-electron chi connectivity index (χ0n) is 7.99. The summed E-state index contributed by atoms with van der Waals surface area (Å²) in [7, 11) is 0.